The molecule has 1 aliphatic heterocycles. The smallest absolute Gasteiger partial charge is 0.223 e. The summed E-state index contributed by atoms with van der Waals surface area (Å²) in [6.07, 6.45) is 8.83. The first-order valence-corrected chi connectivity index (χ1v) is 7.96. The molecule has 4 nitrogen and oxygen atoms in total. The molecular formula is C15H30ClN3O. The van der Waals surface area contributed by atoms with Gasteiger partial charge in [0.05, 0.1) is 0 Å². The molecule has 118 valence electrons. The van der Waals surface area contributed by atoms with Crippen LogP contribution in [0.4, 0.5) is 0 Å². The Morgan fingerprint density at radius 2 is 1.75 bits per heavy atom. The number of nitrogens with one attached hydrogen (secondary N) is 1. The van der Waals surface area contributed by atoms with E-state index < -0.39 is 0 Å². The van der Waals surface area contributed by atoms with E-state index in [9.17, 15) is 4.79 Å². The molecule has 1 N–H and O–H groups in total. The van der Waals surface area contributed by atoms with Crippen LogP contribution < -0.4 is 5.32 Å². The highest BCUT2D eigenvalue weighted by Crippen LogP contribution is 2.21. The van der Waals surface area contributed by atoms with Crippen molar-refractivity contribution >= 4 is 18.3 Å². The fraction of sp³-hybridized carbons (Fsp3) is 0.933. The van der Waals surface area contributed by atoms with E-state index in [0.29, 0.717) is 18.4 Å². The van der Waals surface area contributed by atoms with Gasteiger partial charge in [-0.15, -0.1) is 12.4 Å². The lowest BCUT2D eigenvalue weighted by molar-refractivity contribution is -0.132. The summed E-state index contributed by atoms with van der Waals surface area (Å²) in [4.78, 5) is 16.6. The van der Waals surface area contributed by atoms with Crippen LogP contribution in [0.25, 0.3) is 0 Å². The first kappa shape index (κ1) is 17.7. The molecule has 0 aromatic rings. The summed E-state index contributed by atoms with van der Waals surface area (Å²) >= 11 is 0. The third-order valence-electron chi connectivity index (χ3n) is 4.60. The van der Waals surface area contributed by atoms with Crippen molar-refractivity contribution in [3.05, 3.63) is 0 Å². The minimum absolute atomic E-state index is 0. The van der Waals surface area contributed by atoms with Crippen LogP contribution in [0.15, 0.2) is 0 Å². The average molecular weight is 304 g/mol. The van der Waals surface area contributed by atoms with Crippen molar-refractivity contribution in [2.24, 2.45) is 0 Å². The van der Waals surface area contributed by atoms with E-state index in [1.54, 1.807) is 0 Å². The summed E-state index contributed by atoms with van der Waals surface area (Å²) in [7, 11) is 2.20. The number of hydrogen-bond acceptors (Lipinski definition) is 3. The normalized spacial score (nSPS) is 21.4. The first-order chi connectivity index (χ1) is 9.27. The maximum absolute atomic E-state index is 12.1. The van der Waals surface area contributed by atoms with Gasteiger partial charge >= 0.3 is 0 Å². The maximum atomic E-state index is 12.1. The number of piperazine rings is 1. The van der Waals surface area contributed by atoms with E-state index in [4.69, 9.17) is 0 Å². The van der Waals surface area contributed by atoms with Crippen molar-refractivity contribution in [1.82, 2.24) is 15.1 Å². The van der Waals surface area contributed by atoms with E-state index in [0.717, 1.165) is 32.7 Å². The van der Waals surface area contributed by atoms with Gasteiger partial charge < -0.3 is 15.1 Å². The zero-order chi connectivity index (χ0) is 13.5. The number of carbonyl (C=O) groups is 1. The number of rotatable bonds is 4. The van der Waals surface area contributed by atoms with Crippen molar-refractivity contribution in [1.29, 1.82) is 0 Å². The van der Waals surface area contributed by atoms with Crippen LogP contribution in [-0.2, 0) is 4.79 Å². The minimum atomic E-state index is 0. The van der Waals surface area contributed by atoms with Crippen LogP contribution in [0.3, 0.4) is 0 Å². The van der Waals surface area contributed by atoms with Crippen molar-refractivity contribution < 1.29 is 4.79 Å². The predicted molar refractivity (Wildman–Crippen MR) is 85.4 cm³/mol. The molecule has 2 aliphatic rings. The quantitative estimate of drug-likeness (QED) is 0.806. The van der Waals surface area contributed by atoms with Gasteiger partial charge in [0.1, 0.15) is 0 Å². The van der Waals surface area contributed by atoms with E-state index in [-0.39, 0.29) is 12.4 Å². The van der Waals surface area contributed by atoms with Crippen LogP contribution in [-0.4, -0.2) is 61.5 Å². The van der Waals surface area contributed by atoms with Crippen LogP contribution in [0.5, 0.6) is 0 Å². The summed E-state index contributed by atoms with van der Waals surface area (Å²) in [6.45, 7) is 4.58. The molecule has 0 atom stereocenters. The van der Waals surface area contributed by atoms with Gasteiger partial charge in [0, 0.05) is 45.2 Å². The molecule has 2 rings (SSSR count). The summed E-state index contributed by atoms with van der Waals surface area (Å²) in [5.41, 5.74) is 0. The molecule has 0 aromatic carbocycles. The largest absolute Gasteiger partial charge is 0.340 e. The van der Waals surface area contributed by atoms with Crippen LogP contribution in [0, 0.1) is 0 Å². The highest BCUT2D eigenvalue weighted by Gasteiger charge is 2.20. The Hall–Kier alpha value is -0.320. The Morgan fingerprint density at radius 3 is 2.35 bits per heavy atom. The van der Waals surface area contributed by atoms with Crippen molar-refractivity contribution in [2.75, 3.05) is 39.8 Å². The third-order valence-corrected chi connectivity index (χ3v) is 4.60. The van der Waals surface area contributed by atoms with E-state index in [2.05, 4.69) is 17.3 Å². The molecule has 1 heterocycles. The first-order valence-electron chi connectivity index (χ1n) is 7.96. The van der Waals surface area contributed by atoms with E-state index in [1.807, 2.05) is 4.90 Å². The highest BCUT2D eigenvalue weighted by molar-refractivity contribution is 5.85. The van der Waals surface area contributed by atoms with Crippen LogP contribution in [0.2, 0.25) is 0 Å². The van der Waals surface area contributed by atoms with E-state index >= 15 is 0 Å². The molecule has 5 heteroatoms. The summed E-state index contributed by atoms with van der Waals surface area (Å²) in [6, 6.07) is 0.707. The number of nitrogens with zero attached hydrogens (tertiary/aromatic N) is 2. The van der Waals surface area contributed by atoms with Crippen molar-refractivity contribution in [2.45, 2.75) is 51.0 Å². The van der Waals surface area contributed by atoms with Gasteiger partial charge in [-0.1, -0.05) is 25.7 Å². The summed E-state index contributed by atoms with van der Waals surface area (Å²) < 4.78 is 0. The Morgan fingerprint density at radius 1 is 1.15 bits per heavy atom. The third kappa shape index (κ3) is 5.58. The Bertz CT molecular complexity index is 274. The van der Waals surface area contributed by atoms with Gasteiger partial charge in [-0.3, -0.25) is 4.79 Å². The predicted octanol–water partition coefficient (Wildman–Crippen LogP) is 1.88. The maximum Gasteiger partial charge on any atom is 0.223 e. The fourth-order valence-corrected chi connectivity index (χ4v) is 3.23. The van der Waals surface area contributed by atoms with Gasteiger partial charge in [0.15, 0.2) is 0 Å². The lowest BCUT2D eigenvalue weighted by atomic mass is 10.1. The summed E-state index contributed by atoms with van der Waals surface area (Å²) in [5, 5.41) is 3.29. The lowest BCUT2D eigenvalue weighted by Gasteiger charge is -2.30. The summed E-state index contributed by atoms with van der Waals surface area (Å²) in [5.74, 6) is 0.335. The van der Waals surface area contributed by atoms with Crippen LogP contribution in [0.1, 0.15) is 44.9 Å². The molecule has 1 amide bonds. The van der Waals surface area contributed by atoms with Gasteiger partial charge in [-0.25, -0.2) is 0 Å². The lowest BCUT2D eigenvalue weighted by Crippen LogP contribution is -2.47. The zero-order valence-corrected chi connectivity index (χ0v) is 13.6. The number of amides is 1. The van der Waals surface area contributed by atoms with Gasteiger partial charge in [-0.05, 0) is 19.9 Å². The molecule has 1 saturated heterocycles. The van der Waals surface area contributed by atoms with Crippen LogP contribution >= 0.6 is 12.4 Å². The second kappa shape index (κ2) is 9.59. The standard InChI is InChI=1S/C15H29N3O.ClH/c1-17(14-6-4-2-3-5-7-14)11-8-15(19)18-12-9-16-10-13-18;/h14,16H,2-13H2,1H3;1H. The molecule has 1 saturated carbocycles. The molecule has 0 unspecified atom stereocenters. The topological polar surface area (TPSA) is 35.6 Å². The average Bonchev–Trinajstić information content (AvgIpc) is 2.74. The Balaban J connectivity index is 0.00000200. The number of carbonyl (C=O) groups excluding carboxylic acids is 1. The zero-order valence-electron chi connectivity index (χ0n) is 12.8. The molecule has 0 radical (unpaired) electrons. The van der Waals surface area contributed by atoms with E-state index in [1.165, 1.54) is 38.5 Å². The molecule has 2 fully saturated rings. The molecule has 0 aromatic heterocycles. The highest BCUT2D eigenvalue weighted by atomic mass is 35.5. The van der Waals surface area contributed by atoms with Gasteiger partial charge in [-0.2, -0.15) is 0 Å². The number of halogens is 1. The Kier molecular flexibility index (Phi) is 8.50. The van der Waals surface area contributed by atoms with Crippen molar-refractivity contribution in [3.8, 4) is 0 Å². The van der Waals surface area contributed by atoms with Gasteiger partial charge in [0.2, 0.25) is 5.91 Å². The fourth-order valence-electron chi connectivity index (χ4n) is 3.23. The molecular weight excluding hydrogens is 274 g/mol. The molecule has 1 aliphatic carbocycles. The monoisotopic (exact) mass is 303 g/mol. The van der Waals surface area contributed by atoms with Crippen molar-refractivity contribution in [3.63, 3.8) is 0 Å². The molecule has 0 bridgehead atoms. The SMILES string of the molecule is CN(CCC(=O)N1CCNCC1)C1CCCCCC1.Cl. The second-order valence-electron chi connectivity index (χ2n) is 6.01. The van der Waals surface area contributed by atoms with Gasteiger partial charge in [0.25, 0.3) is 0 Å². The molecule has 0 spiro atoms. The second-order valence-corrected chi connectivity index (χ2v) is 6.01. The minimum Gasteiger partial charge on any atom is -0.340 e. The number of hydrogen-bond donors (Lipinski definition) is 1. The Labute approximate surface area is 129 Å². The molecule has 20 heavy (non-hydrogen) atoms.